The van der Waals surface area contributed by atoms with Gasteiger partial charge in [0.05, 0.1) is 21.3 Å². The number of carbonyl (C=O) groups is 2. The van der Waals surface area contributed by atoms with Crippen LogP contribution in [0.3, 0.4) is 0 Å². The highest BCUT2D eigenvalue weighted by molar-refractivity contribution is 6.02. The van der Waals surface area contributed by atoms with Gasteiger partial charge < -0.3 is 49.2 Å². The number of methoxy groups -OCH3 is 3. The van der Waals surface area contributed by atoms with Crippen LogP contribution >= 0.6 is 0 Å². The first-order valence-electron chi connectivity index (χ1n) is 11.9. The molecule has 5 unspecified atom stereocenters. The van der Waals surface area contributed by atoms with E-state index in [0.29, 0.717) is 11.1 Å². The highest BCUT2D eigenvalue weighted by atomic mass is 16.7. The fraction of sp³-hybridized carbons (Fsp3) is 0.286. The number of allylic oxidation sites excluding steroid dienone is 3. The van der Waals surface area contributed by atoms with Gasteiger partial charge in [-0.15, -0.1) is 0 Å². The summed E-state index contributed by atoms with van der Waals surface area (Å²) in [7, 11) is 3.84. The third-order valence-corrected chi connectivity index (χ3v) is 5.81. The van der Waals surface area contributed by atoms with Gasteiger partial charge in [0.1, 0.15) is 24.1 Å². The predicted octanol–water partition coefficient (Wildman–Crippen LogP) is 1.51. The second-order valence-electron chi connectivity index (χ2n) is 8.52. The van der Waals surface area contributed by atoms with Crippen molar-refractivity contribution in [3.63, 3.8) is 0 Å². The lowest BCUT2D eigenvalue weighted by Crippen LogP contribution is -2.61. The average molecular weight is 559 g/mol. The van der Waals surface area contributed by atoms with E-state index in [1.165, 1.54) is 56.7 Å². The van der Waals surface area contributed by atoms with Gasteiger partial charge >= 0.3 is 5.97 Å². The number of phenolic OH excluding ortho intramolecular Hbond substituents is 1. The molecule has 12 nitrogen and oxygen atoms in total. The van der Waals surface area contributed by atoms with Crippen molar-refractivity contribution in [1.29, 1.82) is 0 Å². The minimum absolute atomic E-state index is 0.0318. The van der Waals surface area contributed by atoms with E-state index in [1.807, 2.05) is 0 Å². The van der Waals surface area contributed by atoms with Gasteiger partial charge in [-0.3, -0.25) is 4.79 Å². The van der Waals surface area contributed by atoms with Crippen molar-refractivity contribution < 1.29 is 58.8 Å². The van der Waals surface area contributed by atoms with Crippen LogP contribution in [-0.2, 0) is 19.1 Å². The van der Waals surface area contributed by atoms with Gasteiger partial charge in [-0.05, 0) is 47.5 Å². The first-order valence-corrected chi connectivity index (χ1v) is 11.9. The summed E-state index contributed by atoms with van der Waals surface area (Å²) in [5.74, 6) is -1.28. The number of benzene rings is 2. The summed E-state index contributed by atoms with van der Waals surface area (Å²) in [6, 6.07) is 9.13. The zero-order chi connectivity index (χ0) is 29.4. The Balaban J connectivity index is 1.68. The van der Waals surface area contributed by atoms with Gasteiger partial charge in [-0.2, -0.15) is 0 Å². The Morgan fingerprint density at radius 1 is 0.825 bits per heavy atom. The van der Waals surface area contributed by atoms with E-state index >= 15 is 0 Å². The Morgan fingerprint density at radius 2 is 1.45 bits per heavy atom. The molecule has 2 aromatic rings. The maximum Gasteiger partial charge on any atom is 0.337 e. The molecule has 0 aliphatic carbocycles. The van der Waals surface area contributed by atoms with Gasteiger partial charge in [0.25, 0.3) is 0 Å². The first kappa shape index (κ1) is 30.2. The summed E-state index contributed by atoms with van der Waals surface area (Å²) in [6.07, 6.45) is -1.73. The maximum atomic E-state index is 12.2. The number of hydrogen-bond donors (Lipinski definition) is 5. The molecule has 1 aliphatic heterocycles. The quantitative estimate of drug-likeness (QED) is 0.123. The third kappa shape index (κ3) is 7.39. The lowest BCUT2D eigenvalue weighted by molar-refractivity contribution is -0.272. The lowest BCUT2D eigenvalue weighted by Gasteiger charge is -2.38. The molecule has 0 aromatic heterocycles. The van der Waals surface area contributed by atoms with Crippen molar-refractivity contribution in [3.8, 4) is 23.0 Å². The molecule has 1 heterocycles. The first-order chi connectivity index (χ1) is 19.1. The van der Waals surface area contributed by atoms with Crippen LogP contribution in [0.1, 0.15) is 11.1 Å². The second-order valence-corrected chi connectivity index (χ2v) is 8.52. The van der Waals surface area contributed by atoms with Gasteiger partial charge in [0.15, 0.2) is 34.9 Å². The number of carbonyl (C=O) groups excluding carboxylic acids is 2. The number of esters is 1. The zero-order valence-electron chi connectivity index (χ0n) is 21.8. The standard InChI is InChI=1S/C28H30O12/c1-36-21-12-15(6-10-19(21)31)4-8-17(29)14-18(30)9-5-16-7-11-20(22(13-16)37-2)39-28-25(34)23(32)24(33)26(40-28)27(35)38-3/h4-14,23-26,28,30-34H,1-3H3/b8-4+,9-5+,18-14-. The van der Waals surface area contributed by atoms with Crippen LogP contribution in [0.2, 0.25) is 0 Å². The van der Waals surface area contributed by atoms with Crippen LogP contribution in [0.4, 0.5) is 0 Å². The fourth-order valence-corrected chi connectivity index (χ4v) is 3.67. The Hall–Kier alpha value is -4.36. The van der Waals surface area contributed by atoms with Crippen molar-refractivity contribution in [2.24, 2.45) is 0 Å². The molecule has 5 atom stereocenters. The summed E-state index contributed by atoms with van der Waals surface area (Å²) in [5.41, 5.74) is 1.15. The Morgan fingerprint density at radius 3 is 2.10 bits per heavy atom. The molecule has 1 aliphatic rings. The number of rotatable bonds is 10. The van der Waals surface area contributed by atoms with E-state index in [2.05, 4.69) is 4.74 Å². The molecule has 40 heavy (non-hydrogen) atoms. The molecule has 0 amide bonds. The summed E-state index contributed by atoms with van der Waals surface area (Å²) in [5, 5.41) is 50.2. The molecule has 1 fully saturated rings. The van der Waals surface area contributed by atoms with Crippen LogP contribution in [0, 0.1) is 0 Å². The molecule has 0 spiro atoms. The Labute approximate surface area is 229 Å². The van der Waals surface area contributed by atoms with Gasteiger partial charge in [0, 0.05) is 6.08 Å². The minimum atomic E-state index is -1.74. The number of ether oxygens (including phenoxy) is 5. The Bertz CT molecular complexity index is 1300. The Kier molecular flexibility index (Phi) is 10.3. The summed E-state index contributed by atoms with van der Waals surface area (Å²) >= 11 is 0. The predicted molar refractivity (Wildman–Crippen MR) is 141 cm³/mol. The molecule has 1 saturated heterocycles. The number of ketones is 1. The summed E-state index contributed by atoms with van der Waals surface area (Å²) < 4.78 is 25.8. The van der Waals surface area contributed by atoms with Crippen molar-refractivity contribution >= 4 is 23.9 Å². The SMILES string of the molecule is COC(=O)C1OC(Oc2ccc(/C=C/C(O)=C/C(=O)/C=C/c3ccc(O)c(OC)c3)cc2OC)C(O)C(O)C1O. The molecule has 2 aromatic carbocycles. The molecule has 0 saturated carbocycles. The third-order valence-electron chi connectivity index (χ3n) is 5.81. The minimum Gasteiger partial charge on any atom is -0.508 e. The smallest absolute Gasteiger partial charge is 0.337 e. The normalized spacial score (nSPS) is 23.2. The van der Waals surface area contributed by atoms with Crippen molar-refractivity contribution in [3.05, 3.63) is 71.5 Å². The van der Waals surface area contributed by atoms with E-state index in [1.54, 1.807) is 18.2 Å². The van der Waals surface area contributed by atoms with E-state index in [0.717, 1.165) is 13.2 Å². The number of phenols is 1. The van der Waals surface area contributed by atoms with Crippen LogP contribution in [0.5, 0.6) is 23.0 Å². The number of aliphatic hydroxyl groups is 4. The van der Waals surface area contributed by atoms with E-state index in [-0.39, 0.29) is 28.8 Å². The van der Waals surface area contributed by atoms with Crippen molar-refractivity contribution in [2.45, 2.75) is 30.7 Å². The van der Waals surface area contributed by atoms with Crippen LogP contribution < -0.4 is 14.2 Å². The number of aromatic hydroxyl groups is 1. The van der Waals surface area contributed by atoms with E-state index < -0.39 is 42.5 Å². The molecule has 0 bridgehead atoms. The van der Waals surface area contributed by atoms with E-state index in [9.17, 15) is 35.1 Å². The molecule has 214 valence electrons. The maximum absolute atomic E-state index is 12.2. The topological polar surface area (TPSA) is 181 Å². The highest BCUT2D eigenvalue weighted by Crippen LogP contribution is 2.32. The monoisotopic (exact) mass is 558 g/mol. The summed E-state index contributed by atoms with van der Waals surface area (Å²) in [6.45, 7) is 0. The molecule has 5 N–H and O–H groups in total. The molecule has 3 rings (SSSR count). The van der Waals surface area contributed by atoms with Crippen LogP contribution in [0.25, 0.3) is 12.2 Å². The molecular weight excluding hydrogens is 528 g/mol. The van der Waals surface area contributed by atoms with E-state index in [4.69, 9.17) is 18.9 Å². The van der Waals surface area contributed by atoms with Crippen LogP contribution in [0.15, 0.2) is 60.4 Å². The average Bonchev–Trinajstić information content (AvgIpc) is 2.95. The van der Waals surface area contributed by atoms with Crippen LogP contribution in [-0.4, -0.2) is 89.3 Å². The fourth-order valence-electron chi connectivity index (χ4n) is 3.67. The van der Waals surface area contributed by atoms with Gasteiger partial charge in [-0.25, -0.2) is 4.79 Å². The largest absolute Gasteiger partial charge is 0.508 e. The van der Waals surface area contributed by atoms with Gasteiger partial charge in [-0.1, -0.05) is 24.3 Å². The second kappa shape index (κ2) is 13.6. The molecule has 12 heteroatoms. The van der Waals surface area contributed by atoms with Gasteiger partial charge in [0.2, 0.25) is 6.29 Å². The molecule has 0 radical (unpaired) electrons. The summed E-state index contributed by atoms with van der Waals surface area (Å²) in [4.78, 5) is 24.1. The highest BCUT2D eigenvalue weighted by Gasteiger charge is 2.48. The zero-order valence-corrected chi connectivity index (χ0v) is 21.8. The number of hydrogen-bond acceptors (Lipinski definition) is 12. The van der Waals surface area contributed by atoms with Crippen molar-refractivity contribution in [1.82, 2.24) is 0 Å². The lowest BCUT2D eigenvalue weighted by atomic mass is 9.99. The molecular formula is C28H30O12. The van der Waals surface area contributed by atoms with Crippen molar-refractivity contribution in [2.75, 3.05) is 21.3 Å². The number of aliphatic hydroxyl groups excluding tert-OH is 4.